The van der Waals surface area contributed by atoms with Crippen LogP contribution >= 0.6 is 44.1 Å². The van der Waals surface area contributed by atoms with Crippen molar-refractivity contribution in [3.63, 3.8) is 0 Å². The van der Waals surface area contributed by atoms with Crippen LogP contribution in [-0.2, 0) is 14.4 Å². The monoisotopic (exact) mass is 606 g/mol. The van der Waals surface area contributed by atoms with E-state index in [0.29, 0.717) is 11.4 Å². The Morgan fingerprint density at radius 3 is 2.35 bits per heavy atom. The number of fused-ring (bicyclic) bond motifs is 1. The first-order chi connectivity index (χ1) is 16.3. The number of carbonyl (C=O) groups excluding carboxylic acids is 3. The van der Waals surface area contributed by atoms with E-state index in [-0.39, 0.29) is 30.5 Å². The van der Waals surface area contributed by atoms with Crippen LogP contribution in [0.1, 0.15) is 12.8 Å². The number of benzene rings is 3. The maximum absolute atomic E-state index is 12.1. The predicted molar refractivity (Wildman–Crippen MR) is 141 cm³/mol. The summed E-state index contributed by atoms with van der Waals surface area (Å²) in [6, 6.07) is 18.4. The van der Waals surface area contributed by atoms with E-state index in [4.69, 9.17) is 17.0 Å². The normalized spacial score (nSPS) is 10.3. The summed E-state index contributed by atoms with van der Waals surface area (Å²) < 4.78 is 7.28. The lowest BCUT2D eigenvalue weighted by atomic mass is 10.1. The van der Waals surface area contributed by atoms with Crippen molar-refractivity contribution in [1.29, 1.82) is 0 Å². The Morgan fingerprint density at radius 1 is 0.853 bits per heavy atom. The molecule has 8 nitrogen and oxygen atoms in total. The number of ether oxygens (including phenoxy) is 1. The van der Waals surface area contributed by atoms with Gasteiger partial charge in [-0.25, -0.2) is 0 Å². The molecule has 0 spiro atoms. The Hall–Kier alpha value is -3.02. The van der Waals surface area contributed by atoms with Crippen molar-refractivity contribution in [2.45, 2.75) is 12.8 Å². The summed E-state index contributed by atoms with van der Waals surface area (Å²) in [5.41, 5.74) is 5.42. The van der Waals surface area contributed by atoms with Crippen LogP contribution in [0.4, 0.5) is 5.69 Å². The van der Waals surface area contributed by atoms with Gasteiger partial charge in [0.1, 0.15) is 5.75 Å². The number of carbonyl (C=O) groups is 3. The van der Waals surface area contributed by atoms with Crippen molar-refractivity contribution in [3.8, 4) is 5.75 Å². The third-order valence-corrected chi connectivity index (χ3v) is 5.96. The molecule has 11 heteroatoms. The molecule has 3 amide bonds. The zero-order chi connectivity index (χ0) is 24.5. The van der Waals surface area contributed by atoms with Gasteiger partial charge in [0.25, 0.3) is 5.91 Å². The minimum Gasteiger partial charge on any atom is -0.483 e. The molecule has 0 saturated heterocycles. The van der Waals surface area contributed by atoms with Gasteiger partial charge in [0, 0.05) is 23.0 Å². The fourth-order valence-corrected chi connectivity index (χ4v) is 4.00. The van der Waals surface area contributed by atoms with E-state index < -0.39 is 11.8 Å². The lowest BCUT2D eigenvalue weighted by Gasteiger charge is -2.13. The number of hydrogen-bond acceptors (Lipinski definition) is 5. The highest BCUT2D eigenvalue weighted by Crippen LogP contribution is 2.34. The van der Waals surface area contributed by atoms with Gasteiger partial charge in [0.2, 0.25) is 11.8 Å². The summed E-state index contributed by atoms with van der Waals surface area (Å²) in [6.45, 7) is -0.282. The van der Waals surface area contributed by atoms with E-state index in [1.807, 2.05) is 30.3 Å². The molecule has 0 aliphatic rings. The van der Waals surface area contributed by atoms with Gasteiger partial charge >= 0.3 is 0 Å². The number of nitrogens with one attached hydrogen (secondary N) is 4. The van der Waals surface area contributed by atoms with Crippen LogP contribution in [0.5, 0.6) is 5.75 Å². The van der Waals surface area contributed by atoms with E-state index in [2.05, 4.69) is 53.3 Å². The Bertz CT molecular complexity index is 1220. The maximum Gasteiger partial charge on any atom is 0.264 e. The summed E-state index contributed by atoms with van der Waals surface area (Å²) in [5, 5.41) is 6.95. The molecule has 0 saturated carbocycles. The Morgan fingerprint density at radius 2 is 1.59 bits per heavy atom. The van der Waals surface area contributed by atoms with Crippen LogP contribution < -0.4 is 26.2 Å². The molecule has 0 unspecified atom stereocenters. The minimum atomic E-state index is -0.503. The summed E-state index contributed by atoms with van der Waals surface area (Å²) in [4.78, 5) is 35.9. The maximum atomic E-state index is 12.1. The molecule has 0 aromatic heterocycles. The first-order valence-electron chi connectivity index (χ1n) is 10.1. The lowest BCUT2D eigenvalue weighted by molar-refractivity contribution is -0.125. The number of anilines is 1. The highest BCUT2D eigenvalue weighted by Gasteiger charge is 2.11. The quantitative estimate of drug-likeness (QED) is 0.237. The molecule has 0 atom stereocenters. The van der Waals surface area contributed by atoms with Crippen molar-refractivity contribution >= 4 is 83.4 Å². The number of amides is 3. The molecule has 0 aliphatic heterocycles. The first-order valence-corrected chi connectivity index (χ1v) is 12.1. The van der Waals surface area contributed by atoms with Crippen LogP contribution in [0, 0.1) is 0 Å². The largest absolute Gasteiger partial charge is 0.483 e. The predicted octanol–water partition coefficient (Wildman–Crippen LogP) is 4.18. The van der Waals surface area contributed by atoms with Crippen LogP contribution in [0.15, 0.2) is 69.6 Å². The molecule has 3 aromatic carbocycles. The van der Waals surface area contributed by atoms with Crippen LogP contribution in [-0.4, -0.2) is 29.4 Å². The number of hydrogen-bond donors (Lipinski definition) is 4. The molecule has 0 heterocycles. The molecule has 0 aliphatic carbocycles. The van der Waals surface area contributed by atoms with Crippen LogP contribution in [0.2, 0.25) is 0 Å². The van der Waals surface area contributed by atoms with E-state index in [1.165, 1.54) is 0 Å². The molecule has 34 heavy (non-hydrogen) atoms. The summed E-state index contributed by atoms with van der Waals surface area (Å²) >= 11 is 11.9. The highest BCUT2D eigenvalue weighted by molar-refractivity contribution is 9.11. The number of hydrazine groups is 1. The molecule has 0 fully saturated rings. The fraction of sp³-hybridized carbons (Fsp3) is 0.130. The summed E-state index contributed by atoms with van der Waals surface area (Å²) in [6.07, 6.45) is -0.0646. The summed E-state index contributed by atoms with van der Waals surface area (Å²) in [5.74, 6) is -0.743. The Labute approximate surface area is 218 Å². The van der Waals surface area contributed by atoms with Crippen molar-refractivity contribution in [3.05, 3.63) is 69.6 Å². The van der Waals surface area contributed by atoms with E-state index in [1.54, 1.807) is 30.3 Å². The van der Waals surface area contributed by atoms with Gasteiger partial charge in [-0.15, -0.1) is 0 Å². The number of rotatable bonds is 7. The lowest BCUT2D eigenvalue weighted by Crippen LogP contribution is -2.49. The average molecular weight is 608 g/mol. The van der Waals surface area contributed by atoms with Gasteiger partial charge in [-0.3, -0.25) is 30.6 Å². The topological polar surface area (TPSA) is 109 Å². The number of halogens is 2. The Balaban J connectivity index is 1.37. The molecule has 176 valence electrons. The first kappa shape index (κ1) is 25.6. The average Bonchev–Trinajstić information content (AvgIpc) is 2.81. The van der Waals surface area contributed by atoms with Crippen LogP contribution in [0.3, 0.4) is 0 Å². The molecule has 3 rings (SSSR count). The highest BCUT2D eigenvalue weighted by atomic mass is 79.9. The number of thiocarbonyl (C=S) groups is 1. The third kappa shape index (κ3) is 7.79. The number of para-hydroxylation sites is 1. The van der Waals surface area contributed by atoms with Gasteiger partial charge < -0.3 is 10.1 Å². The molecular weight excluding hydrogens is 588 g/mol. The zero-order valence-corrected chi connectivity index (χ0v) is 21.7. The van der Waals surface area contributed by atoms with Gasteiger partial charge in [0.05, 0.1) is 4.47 Å². The SMILES string of the molecule is O=C(CCC(=O)Nc1ccccc1)NNC(=S)NC(=O)COc1ccc2cc(Br)ccc2c1Br. The van der Waals surface area contributed by atoms with Crippen molar-refractivity contribution in [2.24, 2.45) is 0 Å². The van der Waals surface area contributed by atoms with Gasteiger partial charge in [-0.2, -0.15) is 0 Å². The van der Waals surface area contributed by atoms with Crippen LogP contribution in [0.25, 0.3) is 10.8 Å². The van der Waals surface area contributed by atoms with Gasteiger partial charge in [-0.1, -0.05) is 46.3 Å². The molecular formula is C23H20Br2N4O4S. The summed E-state index contributed by atoms with van der Waals surface area (Å²) in [7, 11) is 0. The fourth-order valence-electron chi connectivity index (χ4n) is 2.85. The Kier molecular flexibility index (Phi) is 9.37. The second-order valence-corrected chi connectivity index (χ2v) is 9.11. The third-order valence-electron chi connectivity index (χ3n) is 4.44. The van der Waals surface area contributed by atoms with Gasteiger partial charge in [0.15, 0.2) is 11.7 Å². The van der Waals surface area contributed by atoms with E-state index >= 15 is 0 Å². The van der Waals surface area contributed by atoms with E-state index in [9.17, 15) is 14.4 Å². The second kappa shape index (κ2) is 12.4. The van der Waals surface area contributed by atoms with Crippen molar-refractivity contribution in [2.75, 3.05) is 11.9 Å². The van der Waals surface area contributed by atoms with Crippen molar-refractivity contribution < 1.29 is 19.1 Å². The molecule has 3 aromatic rings. The second-order valence-electron chi connectivity index (χ2n) is 7.00. The smallest absolute Gasteiger partial charge is 0.264 e. The van der Waals surface area contributed by atoms with Crippen molar-refractivity contribution in [1.82, 2.24) is 16.2 Å². The molecule has 4 N–H and O–H groups in total. The molecule has 0 radical (unpaired) electrons. The minimum absolute atomic E-state index is 0.00699. The standard InChI is InChI=1S/C23H20Br2N4O4S/c24-15-7-8-17-14(12-15)6-9-18(22(17)25)33-13-21(32)27-23(34)29-28-20(31)11-10-19(30)26-16-4-2-1-3-5-16/h1-9,12H,10-11,13H2,(H,26,30)(H,28,31)(H2,27,29,32,34). The zero-order valence-electron chi connectivity index (χ0n) is 17.7. The van der Waals surface area contributed by atoms with Gasteiger partial charge in [-0.05, 0) is 69.3 Å². The van der Waals surface area contributed by atoms with E-state index in [0.717, 1.165) is 19.7 Å². The molecule has 0 bridgehead atoms.